The maximum atomic E-state index is 10.7. The van der Waals surface area contributed by atoms with Crippen molar-refractivity contribution in [2.24, 2.45) is 0 Å². The summed E-state index contributed by atoms with van der Waals surface area (Å²) in [5.74, 6) is -1.05. The zero-order valence-corrected chi connectivity index (χ0v) is 7.99. The second kappa shape index (κ2) is 4.62. The molecule has 1 heterocycles. The van der Waals surface area contributed by atoms with Gasteiger partial charge in [0.1, 0.15) is 0 Å². The van der Waals surface area contributed by atoms with Crippen LogP contribution in [0.1, 0.15) is 23.0 Å². The monoisotopic (exact) mass is 195 g/mol. The Balaban J connectivity index is 2.62. The highest BCUT2D eigenvalue weighted by molar-refractivity contribution is 5.86. The highest BCUT2D eigenvalue weighted by Crippen LogP contribution is 2.10. The summed E-state index contributed by atoms with van der Waals surface area (Å²) >= 11 is 0. The zero-order chi connectivity index (χ0) is 10.6. The Kier molecular flexibility index (Phi) is 3.48. The van der Waals surface area contributed by atoms with E-state index < -0.39 is 5.97 Å². The third-order valence-electron chi connectivity index (χ3n) is 1.91. The van der Waals surface area contributed by atoms with Crippen LogP contribution in [0.2, 0.25) is 0 Å². The Hall–Kier alpha value is -1.55. The summed E-state index contributed by atoms with van der Waals surface area (Å²) < 4.78 is 4.83. The molecule has 0 aromatic carbocycles. The highest BCUT2D eigenvalue weighted by atomic mass is 16.4. The largest absolute Gasteiger partial charge is 0.475 e. The standard InChI is InChI=1S/C10H13NO3/c1-3-7(2)11-6-8-4-5-14-9(8)10(12)13/h3-5,7,11H,1,6H2,2H3,(H,12,13). The van der Waals surface area contributed by atoms with Crippen LogP contribution < -0.4 is 5.32 Å². The molecule has 14 heavy (non-hydrogen) atoms. The van der Waals surface area contributed by atoms with Crippen LogP contribution in [0.25, 0.3) is 0 Å². The third-order valence-corrected chi connectivity index (χ3v) is 1.91. The molecule has 0 fully saturated rings. The van der Waals surface area contributed by atoms with Gasteiger partial charge in [-0.3, -0.25) is 0 Å². The van der Waals surface area contributed by atoms with Crippen LogP contribution in [0.15, 0.2) is 29.4 Å². The van der Waals surface area contributed by atoms with Gasteiger partial charge in [-0.05, 0) is 13.0 Å². The van der Waals surface area contributed by atoms with Crippen molar-refractivity contribution >= 4 is 5.97 Å². The third kappa shape index (κ3) is 2.47. The first-order chi connectivity index (χ1) is 6.65. The van der Waals surface area contributed by atoms with Crippen molar-refractivity contribution in [2.75, 3.05) is 0 Å². The van der Waals surface area contributed by atoms with Gasteiger partial charge in [0.2, 0.25) is 5.76 Å². The van der Waals surface area contributed by atoms with Gasteiger partial charge >= 0.3 is 5.97 Å². The van der Waals surface area contributed by atoms with Crippen LogP contribution in [0.4, 0.5) is 0 Å². The fourth-order valence-electron chi connectivity index (χ4n) is 1.02. The van der Waals surface area contributed by atoms with E-state index in [1.165, 1.54) is 6.26 Å². The molecule has 0 aliphatic heterocycles. The molecule has 2 N–H and O–H groups in total. The first-order valence-electron chi connectivity index (χ1n) is 4.30. The van der Waals surface area contributed by atoms with E-state index in [-0.39, 0.29) is 11.8 Å². The first kappa shape index (κ1) is 10.5. The highest BCUT2D eigenvalue weighted by Gasteiger charge is 2.13. The molecule has 0 amide bonds. The maximum Gasteiger partial charge on any atom is 0.372 e. The van der Waals surface area contributed by atoms with Crippen LogP contribution in [0.5, 0.6) is 0 Å². The van der Waals surface area contributed by atoms with E-state index >= 15 is 0 Å². The van der Waals surface area contributed by atoms with Crippen molar-refractivity contribution in [1.82, 2.24) is 5.32 Å². The van der Waals surface area contributed by atoms with Gasteiger partial charge in [0.05, 0.1) is 6.26 Å². The molecule has 4 nitrogen and oxygen atoms in total. The van der Waals surface area contributed by atoms with E-state index in [1.807, 2.05) is 6.92 Å². The van der Waals surface area contributed by atoms with Crippen LogP contribution in [0.3, 0.4) is 0 Å². The molecule has 1 aromatic heterocycles. The molecule has 1 rings (SSSR count). The SMILES string of the molecule is C=CC(C)NCc1ccoc1C(=O)O. The molecule has 1 atom stereocenters. The summed E-state index contributed by atoms with van der Waals surface area (Å²) in [4.78, 5) is 10.7. The van der Waals surface area contributed by atoms with Crippen molar-refractivity contribution in [1.29, 1.82) is 0 Å². The molecular weight excluding hydrogens is 182 g/mol. The minimum Gasteiger partial charge on any atom is -0.475 e. The van der Waals surface area contributed by atoms with Gasteiger partial charge in [0.15, 0.2) is 0 Å². The van der Waals surface area contributed by atoms with E-state index in [9.17, 15) is 4.79 Å². The number of furan rings is 1. The van der Waals surface area contributed by atoms with Crippen molar-refractivity contribution in [2.45, 2.75) is 19.5 Å². The Bertz CT molecular complexity index is 330. The molecule has 0 aliphatic rings. The van der Waals surface area contributed by atoms with Crippen molar-refractivity contribution < 1.29 is 14.3 Å². The molecule has 1 aromatic rings. The quantitative estimate of drug-likeness (QED) is 0.701. The zero-order valence-electron chi connectivity index (χ0n) is 7.99. The number of carboxylic acids is 1. The fourth-order valence-corrected chi connectivity index (χ4v) is 1.02. The smallest absolute Gasteiger partial charge is 0.372 e. The van der Waals surface area contributed by atoms with E-state index in [2.05, 4.69) is 11.9 Å². The molecule has 0 bridgehead atoms. The summed E-state index contributed by atoms with van der Waals surface area (Å²) in [5, 5.41) is 11.8. The molecule has 0 radical (unpaired) electrons. The normalized spacial score (nSPS) is 12.4. The predicted octanol–water partition coefficient (Wildman–Crippen LogP) is 1.64. The lowest BCUT2D eigenvalue weighted by atomic mass is 10.2. The van der Waals surface area contributed by atoms with Crippen molar-refractivity contribution in [3.8, 4) is 0 Å². The van der Waals surface area contributed by atoms with Gasteiger partial charge in [-0.15, -0.1) is 6.58 Å². The van der Waals surface area contributed by atoms with Gasteiger partial charge in [0, 0.05) is 18.2 Å². The molecule has 0 aliphatic carbocycles. The lowest BCUT2D eigenvalue weighted by Gasteiger charge is -2.07. The Morgan fingerprint density at radius 1 is 1.86 bits per heavy atom. The number of carboxylic acid groups (broad SMARTS) is 1. The van der Waals surface area contributed by atoms with Gasteiger partial charge in [0.25, 0.3) is 0 Å². The van der Waals surface area contributed by atoms with E-state index in [4.69, 9.17) is 9.52 Å². The van der Waals surface area contributed by atoms with E-state index in [0.717, 1.165) is 0 Å². The van der Waals surface area contributed by atoms with Gasteiger partial charge in [-0.25, -0.2) is 4.79 Å². The fraction of sp³-hybridized carbons (Fsp3) is 0.300. The van der Waals surface area contributed by atoms with Crippen LogP contribution in [-0.4, -0.2) is 17.1 Å². The van der Waals surface area contributed by atoms with Gasteiger partial charge < -0.3 is 14.8 Å². The van der Waals surface area contributed by atoms with E-state index in [1.54, 1.807) is 12.1 Å². The second-order valence-electron chi connectivity index (χ2n) is 2.99. The number of hydrogen-bond donors (Lipinski definition) is 2. The predicted molar refractivity (Wildman–Crippen MR) is 52.2 cm³/mol. The molecule has 76 valence electrons. The van der Waals surface area contributed by atoms with E-state index in [0.29, 0.717) is 12.1 Å². The summed E-state index contributed by atoms with van der Waals surface area (Å²) in [6.07, 6.45) is 3.12. The summed E-state index contributed by atoms with van der Waals surface area (Å²) in [6, 6.07) is 1.79. The Morgan fingerprint density at radius 2 is 2.57 bits per heavy atom. The summed E-state index contributed by atoms with van der Waals surface area (Å²) in [5.41, 5.74) is 0.645. The second-order valence-corrected chi connectivity index (χ2v) is 2.99. The van der Waals surface area contributed by atoms with Gasteiger partial charge in [-0.1, -0.05) is 6.08 Å². The molecular formula is C10H13NO3. The minimum absolute atomic E-state index is 0.00578. The van der Waals surface area contributed by atoms with Crippen molar-refractivity contribution in [3.05, 3.63) is 36.3 Å². The lowest BCUT2D eigenvalue weighted by Crippen LogP contribution is -2.23. The average molecular weight is 195 g/mol. The Morgan fingerprint density at radius 3 is 3.14 bits per heavy atom. The molecule has 0 saturated carbocycles. The summed E-state index contributed by atoms with van der Waals surface area (Å²) in [6.45, 7) is 6.02. The van der Waals surface area contributed by atoms with Gasteiger partial charge in [-0.2, -0.15) is 0 Å². The molecule has 1 unspecified atom stereocenters. The van der Waals surface area contributed by atoms with Crippen molar-refractivity contribution in [3.63, 3.8) is 0 Å². The van der Waals surface area contributed by atoms with Crippen LogP contribution in [-0.2, 0) is 6.54 Å². The number of hydrogen-bond acceptors (Lipinski definition) is 3. The minimum atomic E-state index is -1.04. The van der Waals surface area contributed by atoms with Crippen LogP contribution in [0, 0.1) is 0 Å². The Labute approximate surface area is 82.2 Å². The number of carbonyl (C=O) groups is 1. The average Bonchev–Trinajstić information content (AvgIpc) is 2.62. The molecule has 0 saturated heterocycles. The number of aromatic carboxylic acids is 1. The van der Waals surface area contributed by atoms with Crippen LogP contribution >= 0.6 is 0 Å². The molecule has 0 spiro atoms. The first-order valence-corrected chi connectivity index (χ1v) is 4.30. The topological polar surface area (TPSA) is 62.5 Å². The number of nitrogens with one attached hydrogen (secondary N) is 1. The maximum absolute atomic E-state index is 10.7. The summed E-state index contributed by atoms with van der Waals surface area (Å²) in [7, 11) is 0. The lowest BCUT2D eigenvalue weighted by molar-refractivity contribution is 0.0660. The molecule has 4 heteroatoms. The number of rotatable bonds is 5.